The molecular formula is C18H24N4O2. The van der Waals surface area contributed by atoms with Gasteiger partial charge in [-0.1, -0.05) is 31.0 Å². The Balaban J connectivity index is 1.48. The minimum absolute atomic E-state index is 0.0422. The highest BCUT2D eigenvalue weighted by Gasteiger charge is 2.23. The molecule has 128 valence electrons. The van der Waals surface area contributed by atoms with E-state index in [-0.39, 0.29) is 11.9 Å². The molecule has 1 atom stereocenters. The summed E-state index contributed by atoms with van der Waals surface area (Å²) in [5, 5.41) is 11.2. The van der Waals surface area contributed by atoms with Crippen LogP contribution in [0.25, 0.3) is 0 Å². The van der Waals surface area contributed by atoms with Crippen LogP contribution < -0.4 is 10.1 Å². The van der Waals surface area contributed by atoms with Crippen molar-refractivity contribution in [3.8, 4) is 5.75 Å². The van der Waals surface area contributed by atoms with Crippen molar-refractivity contribution in [2.24, 2.45) is 0 Å². The molecule has 0 bridgehead atoms. The Kier molecular flexibility index (Phi) is 5.46. The van der Waals surface area contributed by atoms with E-state index >= 15 is 0 Å². The van der Waals surface area contributed by atoms with E-state index in [4.69, 9.17) is 4.74 Å². The second-order valence-corrected chi connectivity index (χ2v) is 6.24. The van der Waals surface area contributed by atoms with E-state index in [0.29, 0.717) is 19.1 Å². The zero-order valence-corrected chi connectivity index (χ0v) is 14.0. The summed E-state index contributed by atoms with van der Waals surface area (Å²) >= 11 is 0. The van der Waals surface area contributed by atoms with Gasteiger partial charge in [-0.15, -0.1) is 10.2 Å². The average molecular weight is 328 g/mol. The lowest BCUT2D eigenvalue weighted by Crippen LogP contribution is -2.30. The third kappa shape index (κ3) is 4.13. The van der Waals surface area contributed by atoms with Crippen molar-refractivity contribution in [2.45, 2.75) is 51.1 Å². The van der Waals surface area contributed by atoms with Crippen LogP contribution in [0, 0.1) is 0 Å². The number of rotatable bonds is 7. The molecule has 0 spiro atoms. The third-order valence-corrected chi connectivity index (χ3v) is 4.42. The fourth-order valence-electron chi connectivity index (χ4n) is 3.18. The van der Waals surface area contributed by atoms with Crippen LogP contribution in [0.3, 0.4) is 0 Å². The second kappa shape index (κ2) is 7.95. The summed E-state index contributed by atoms with van der Waals surface area (Å²) < 4.78 is 7.68. The van der Waals surface area contributed by atoms with Gasteiger partial charge in [-0.2, -0.15) is 0 Å². The standard InChI is InChI=1S/C18H24N4O2/c1-14(18-21-19-13-22(18)15-7-5-6-8-15)20-17(23)11-12-24-16-9-3-2-4-10-16/h2-4,9-10,13-15H,5-8,11-12H2,1H3,(H,20,23)/t14-/m0/s1. The molecule has 1 aromatic carbocycles. The van der Waals surface area contributed by atoms with Crippen LogP contribution in [-0.2, 0) is 4.79 Å². The van der Waals surface area contributed by atoms with Gasteiger partial charge in [-0.25, -0.2) is 0 Å². The molecule has 1 N–H and O–H groups in total. The number of carbonyl (C=O) groups excluding carboxylic acids is 1. The van der Waals surface area contributed by atoms with Gasteiger partial charge in [0.1, 0.15) is 12.1 Å². The van der Waals surface area contributed by atoms with Gasteiger partial charge in [0, 0.05) is 6.04 Å². The lowest BCUT2D eigenvalue weighted by molar-refractivity contribution is -0.122. The Morgan fingerprint density at radius 1 is 1.33 bits per heavy atom. The van der Waals surface area contributed by atoms with E-state index in [1.165, 1.54) is 12.8 Å². The molecule has 2 aromatic rings. The summed E-state index contributed by atoms with van der Waals surface area (Å²) in [6.07, 6.45) is 6.93. The first kappa shape index (κ1) is 16.5. The summed E-state index contributed by atoms with van der Waals surface area (Å²) in [6.45, 7) is 2.31. The van der Waals surface area contributed by atoms with Gasteiger partial charge in [0.25, 0.3) is 0 Å². The molecular weight excluding hydrogens is 304 g/mol. The molecule has 3 rings (SSSR count). The smallest absolute Gasteiger partial charge is 0.224 e. The second-order valence-electron chi connectivity index (χ2n) is 6.24. The average Bonchev–Trinajstić information content (AvgIpc) is 3.27. The molecule has 1 amide bonds. The SMILES string of the molecule is C[C@H](NC(=O)CCOc1ccccc1)c1nncn1C1CCCC1. The highest BCUT2D eigenvalue weighted by Crippen LogP contribution is 2.31. The predicted molar refractivity (Wildman–Crippen MR) is 90.6 cm³/mol. The molecule has 1 aliphatic rings. The highest BCUT2D eigenvalue weighted by atomic mass is 16.5. The Labute approximate surface area is 142 Å². The molecule has 0 radical (unpaired) electrons. The van der Waals surface area contributed by atoms with E-state index in [1.54, 1.807) is 6.33 Å². The maximum Gasteiger partial charge on any atom is 0.224 e. The molecule has 1 aliphatic carbocycles. The van der Waals surface area contributed by atoms with Gasteiger partial charge in [-0.05, 0) is 31.9 Å². The quantitative estimate of drug-likeness (QED) is 0.848. The lowest BCUT2D eigenvalue weighted by atomic mass is 10.2. The Bertz CT molecular complexity index is 650. The molecule has 1 aromatic heterocycles. The Morgan fingerprint density at radius 2 is 2.08 bits per heavy atom. The van der Waals surface area contributed by atoms with E-state index in [2.05, 4.69) is 20.1 Å². The van der Waals surface area contributed by atoms with Crippen LogP contribution >= 0.6 is 0 Å². The van der Waals surface area contributed by atoms with Gasteiger partial charge in [0.15, 0.2) is 5.82 Å². The Morgan fingerprint density at radius 3 is 2.83 bits per heavy atom. The number of nitrogens with one attached hydrogen (secondary N) is 1. The normalized spacial score (nSPS) is 16.0. The number of hydrogen-bond donors (Lipinski definition) is 1. The zero-order valence-electron chi connectivity index (χ0n) is 14.0. The van der Waals surface area contributed by atoms with Crippen LogP contribution in [0.4, 0.5) is 0 Å². The minimum Gasteiger partial charge on any atom is -0.493 e. The topological polar surface area (TPSA) is 69.0 Å². The van der Waals surface area contributed by atoms with Gasteiger partial charge >= 0.3 is 0 Å². The van der Waals surface area contributed by atoms with Crippen LogP contribution in [0.2, 0.25) is 0 Å². The van der Waals surface area contributed by atoms with Crippen molar-refractivity contribution in [3.63, 3.8) is 0 Å². The number of benzene rings is 1. The van der Waals surface area contributed by atoms with E-state index < -0.39 is 0 Å². The number of carbonyl (C=O) groups is 1. The lowest BCUT2D eigenvalue weighted by Gasteiger charge is -2.18. The summed E-state index contributed by atoms with van der Waals surface area (Å²) in [6, 6.07) is 9.82. The number of nitrogens with zero attached hydrogens (tertiary/aromatic N) is 3. The molecule has 0 unspecified atom stereocenters. The van der Waals surface area contributed by atoms with Crippen molar-refractivity contribution >= 4 is 5.91 Å². The van der Waals surface area contributed by atoms with Gasteiger partial charge in [0.2, 0.25) is 5.91 Å². The zero-order chi connectivity index (χ0) is 16.8. The molecule has 0 aliphatic heterocycles. The maximum atomic E-state index is 12.1. The van der Waals surface area contributed by atoms with Crippen molar-refractivity contribution in [3.05, 3.63) is 42.5 Å². The largest absolute Gasteiger partial charge is 0.493 e. The van der Waals surface area contributed by atoms with E-state index in [1.807, 2.05) is 37.3 Å². The van der Waals surface area contributed by atoms with Gasteiger partial charge in [-0.3, -0.25) is 4.79 Å². The molecule has 24 heavy (non-hydrogen) atoms. The predicted octanol–water partition coefficient (Wildman–Crippen LogP) is 3.04. The first-order chi connectivity index (χ1) is 11.7. The van der Waals surface area contributed by atoms with Crippen LogP contribution in [0.5, 0.6) is 5.75 Å². The third-order valence-electron chi connectivity index (χ3n) is 4.42. The van der Waals surface area contributed by atoms with Crippen LogP contribution in [-0.4, -0.2) is 27.3 Å². The van der Waals surface area contributed by atoms with Crippen molar-refractivity contribution < 1.29 is 9.53 Å². The van der Waals surface area contributed by atoms with Crippen LogP contribution in [0.1, 0.15) is 56.9 Å². The van der Waals surface area contributed by atoms with E-state index in [0.717, 1.165) is 24.4 Å². The first-order valence-corrected chi connectivity index (χ1v) is 8.60. The minimum atomic E-state index is -0.155. The molecule has 1 saturated carbocycles. The maximum absolute atomic E-state index is 12.1. The molecule has 1 fully saturated rings. The summed E-state index contributed by atoms with van der Waals surface area (Å²) in [7, 11) is 0. The number of amides is 1. The number of para-hydroxylation sites is 1. The first-order valence-electron chi connectivity index (χ1n) is 8.60. The number of hydrogen-bond acceptors (Lipinski definition) is 4. The molecule has 0 saturated heterocycles. The number of ether oxygens (including phenoxy) is 1. The van der Waals surface area contributed by atoms with Crippen molar-refractivity contribution in [2.75, 3.05) is 6.61 Å². The van der Waals surface area contributed by atoms with Crippen molar-refractivity contribution in [1.29, 1.82) is 0 Å². The Hall–Kier alpha value is -2.37. The van der Waals surface area contributed by atoms with E-state index in [9.17, 15) is 4.79 Å². The fraction of sp³-hybridized carbons (Fsp3) is 0.500. The summed E-state index contributed by atoms with van der Waals surface area (Å²) in [5.41, 5.74) is 0. The molecule has 6 heteroatoms. The van der Waals surface area contributed by atoms with Crippen LogP contribution in [0.15, 0.2) is 36.7 Å². The monoisotopic (exact) mass is 328 g/mol. The van der Waals surface area contributed by atoms with Gasteiger partial charge < -0.3 is 14.6 Å². The number of aromatic nitrogens is 3. The molecule has 1 heterocycles. The highest BCUT2D eigenvalue weighted by molar-refractivity contribution is 5.76. The molecule has 6 nitrogen and oxygen atoms in total. The summed E-state index contributed by atoms with van der Waals surface area (Å²) in [4.78, 5) is 12.1. The van der Waals surface area contributed by atoms with Gasteiger partial charge in [0.05, 0.1) is 19.1 Å². The van der Waals surface area contributed by atoms with Crippen molar-refractivity contribution in [1.82, 2.24) is 20.1 Å². The summed E-state index contributed by atoms with van der Waals surface area (Å²) in [5.74, 6) is 1.57. The fourth-order valence-corrected chi connectivity index (χ4v) is 3.18.